The van der Waals surface area contributed by atoms with E-state index in [1.807, 2.05) is 98.1 Å². The van der Waals surface area contributed by atoms with Gasteiger partial charge in [-0.25, -0.2) is 4.79 Å². The average molecular weight is 385 g/mol. The Kier molecular flexibility index (Phi) is 5.18. The molecule has 0 bridgehead atoms. The number of rotatable bonds is 4. The van der Waals surface area contributed by atoms with Crippen LogP contribution in [0.4, 0.5) is 0 Å². The summed E-state index contributed by atoms with van der Waals surface area (Å²) in [5.41, 5.74) is 5.06. The van der Waals surface area contributed by atoms with Crippen molar-refractivity contribution in [1.82, 2.24) is 0 Å². The van der Waals surface area contributed by atoms with Gasteiger partial charge >= 0.3 is 5.63 Å². The van der Waals surface area contributed by atoms with Gasteiger partial charge in [0, 0.05) is 16.0 Å². The Balaban J connectivity index is 1.94. The molecule has 1 heterocycles. The predicted molar refractivity (Wildman–Crippen MR) is 118 cm³/mol. The quantitative estimate of drug-likeness (QED) is 0.368. The maximum Gasteiger partial charge on any atom is 0.344 e. The second-order valence-electron chi connectivity index (χ2n) is 6.65. The van der Waals surface area contributed by atoms with Crippen molar-refractivity contribution in [3.63, 3.8) is 0 Å². The van der Waals surface area contributed by atoms with Crippen LogP contribution in [-0.2, 0) is 0 Å². The van der Waals surface area contributed by atoms with Crippen molar-refractivity contribution in [2.24, 2.45) is 0 Å². The van der Waals surface area contributed by atoms with Crippen molar-refractivity contribution in [2.75, 3.05) is 6.26 Å². The standard InChI is InChI=1S/C25H20O2S/c1-17-8-10-19(11-9-17)23-16-22(18-6-4-3-5-7-18)24(25(26)27-23)20-12-14-21(28-2)15-13-20/h3-16H,1-2H3. The van der Waals surface area contributed by atoms with Crippen LogP contribution in [0, 0.1) is 6.92 Å². The molecule has 0 atom stereocenters. The molecule has 0 aliphatic heterocycles. The molecule has 0 unspecified atom stereocenters. The van der Waals surface area contributed by atoms with E-state index in [9.17, 15) is 4.79 Å². The molecule has 0 saturated carbocycles. The summed E-state index contributed by atoms with van der Waals surface area (Å²) >= 11 is 1.68. The Morgan fingerprint density at radius 3 is 2.04 bits per heavy atom. The summed E-state index contributed by atoms with van der Waals surface area (Å²) in [6.07, 6.45) is 2.04. The molecular weight excluding hydrogens is 364 g/mol. The van der Waals surface area contributed by atoms with E-state index in [-0.39, 0.29) is 5.63 Å². The van der Waals surface area contributed by atoms with E-state index >= 15 is 0 Å². The number of benzene rings is 3. The minimum Gasteiger partial charge on any atom is -0.422 e. The molecule has 0 N–H and O–H groups in total. The molecule has 3 aromatic carbocycles. The van der Waals surface area contributed by atoms with Crippen molar-refractivity contribution < 1.29 is 4.42 Å². The van der Waals surface area contributed by atoms with E-state index in [1.165, 1.54) is 5.56 Å². The summed E-state index contributed by atoms with van der Waals surface area (Å²) in [5.74, 6) is 0.577. The largest absolute Gasteiger partial charge is 0.422 e. The van der Waals surface area contributed by atoms with Gasteiger partial charge in [0.15, 0.2) is 0 Å². The van der Waals surface area contributed by atoms with Crippen LogP contribution in [0.1, 0.15) is 5.56 Å². The SMILES string of the molecule is CSc1ccc(-c2c(-c3ccccc3)cc(-c3ccc(C)cc3)oc2=O)cc1. The summed E-state index contributed by atoms with van der Waals surface area (Å²) in [6, 6.07) is 28.0. The molecular formula is C25H20O2S. The van der Waals surface area contributed by atoms with Gasteiger partial charge in [-0.3, -0.25) is 0 Å². The third-order valence-corrected chi connectivity index (χ3v) is 5.49. The molecule has 1 aromatic heterocycles. The summed E-state index contributed by atoms with van der Waals surface area (Å²) < 4.78 is 5.75. The monoisotopic (exact) mass is 384 g/mol. The van der Waals surface area contributed by atoms with Gasteiger partial charge in [-0.1, -0.05) is 72.3 Å². The molecule has 3 heteroatoms. The highest BCUT2D eigenvalue weighted by Crippen LogP contribution is 2.33. The van der Waals surface area contributed by atoms with Crippen molar-refractivity contribution in [3.05, 3.63) is 101 Å². The van der Waals surface area contributed by atoms with Gasteiger partial charge in [-0.05, 0) is 42.5 Å². The Labute approximate surface area is 168 Å². The highest BCUT2D eigenvalue weighted by Gasteiger charge is 2.16. The van der Waals surface area contributed by atoms with Crippen LogP contribution in [0.3, 0.4) is 0 Å². The molecule has 0 amide bonds. The maximum atomic E-state index is 13.1. The summed E-state index contributed by atoms with van der Waals surface area (Å²) in [6.45, 7) is 2.04. The van der Waals surface area contributed by atoms with Crippen molar-refractivity contribution in [1.29, 1.82) is 0 Å². The maximum absolute atomic E-state index is 13.1. The first kappa shape index (κ1) is 18.3. The van der Waals surface area contributed by atoms with Crippen LogP contribution in [0.2, 0.25) is 0 Å². The van der Waals surface area contributed by atoms with Gasteiger partial charge in [0.05, 0.1) is 5.56 Å². The lowest BCUT2D eigenvalue weighted by Crippen LogP contribution is -2.06. The normalized spacial score (nSPS) is 10.8. The first-order valence-electron chi connectivity index (χ1n) is 9.11. The van der Waals surface area contributed by atoms with Crippen LogP contribution < -0.4 is 5.63 Å². The molecule has 0 aliphatic carbocycles. The first-order valence-corrected chi connectivity index (χ1v) is 10.3. The van der Waals surface area contributed by atoms with Crippen molar-refractivity contribution >= 4 is 11.8 Å². The zero-order valence-corrected chi connectivity index (χ0v) is 16.6. The molecule has 0 spiro atoms. The molecule has 2 nitrogen and oxygen atoms in total. The van der Waals surface area contributed by atoms with Crippen LogP contribution in [0.25, 0.3) is 33.6 Å². The first-order chi connectivity index (χ1) is 13.7. The van der Waals surface area contributed by atoms with Gasteiger partial charge in [0.1, 0.15) is 5.76 Å². The summed E-state index contributed by atoms with van der Waals surface area (Å²) in [5, 5.41) is 0. The third-order valence-electron chi connectivity index (χ3n) is 4.75. The molecule has 28 heavy (non-hydrogen) atoms. The zero-order valence-electron chi connectivity index (χ0n) is 15.8. The molecule has 4 aromatic rings. The summed E-state index contributed by atoms with van der Waals surface area (Å²) in [4.78, 5) is 14.2. The smallest absolute Gasteiger partial charge is 0.344 e. The Morgan fingerprint density at radius 2 is 1.39 bits per heavy atom. The van der Waals surface area contributed by atoms with Crippen molar-refractivity contribution in [2.45, 2.75) is 11.8 Å². The Morgan fingerprint density at radius 1 is 0.750 bits per heavy atom. The highest BCUT2D eigenvalue weighted by atomic mass is 32.2. The van der Waals surface area contributed by atoms with Gasteiger partial charge in [0.25, 0.3) is 0 Å². The molecule has 0 fully saturated rings. The van der Waals surface area contributed by atoms with E-state index in [2.05, 4.69) is 0 Å². The molecule has 138 valence electrons. The lowest BCUT2D eigenvalue weighted by atomic mass is 9.95. The fourth-order valence-corrected chi connectivity index (χ4v) is 3.64. The highest BCUT2D eigenvalue weighted by molar-refractivity contribution is 7.98. The van der Waals surface area contributed by atoms with E-state index in [1.54, 1.807) is 11.8 Å². The molecule has 0 saturated heterocycles. The van der Waals surface area contributed by atoms with Crippen molar-refractivity contribution in [3.8, 4) is 33.6 Å². The number of thioether (sulfide) groups is 1. The average Bonchev–Trinajstić information content (AvgIpc) is 2.74. The third kappa shape index (κ3) is 3.67. The van der Waals surface area contributed by atoms with Crippen LogP contribution >= 0.6 is 11.8 Å². The lowest BCUT2D eigenvalue weighted by molar-refractivity contribution is 0.529. The minimum atomic E-state index is -0.325. The number of aryl methyl sites for hydroxylation is 1. The van der Waals surface area contributed by atoms with E-state index in [4.69, 9.17) is 4.42 Å². The topological polar surface area (TPSA) is 30.2 Å². The van der Waals surface area contributed by atoms with Gasteiger partial charge in [-0.15, -0.1) is 11.8 Å². The minimum absolute atomic E-state index is 0.325. The van der Waals surface area contributed by atoms with Crippen LogP contribution in [0.5, 0.6) is 0 Å². The lowest BCUT2D eigenvalue weighted by Gasteiger charge is -2.12. The second kappa shape index (κ2) is 7.91. The molecule has 4 rings (SSSR count). The van der Waals surface area contributed by atoms with E-state index < -0.39 is 0 Å². The fourth-order valence-electron chi connectivity index (χ4n) is 3.23. The zero-order chi connectivity index (χ0) is 19.5. The van der Waals surface area contributed by atoms with Crippen LogP contribution in [0.15, 0.2) is 99.0 Å². The Hall–Kier alpha value is -3.04. The molecule has 0 aliphatic rings. The van der Waals surface area contributed by atoms with E-state index in [0.717, 1.165) is 27.1 Å². The van der Waals surface area contributed by atoms with Crippen LogP contribution in [-0.4, -0.2) is 6.26 Å². The Bertz CT molecular complexity index is 1140. The second-order valence-corrected chi connectivity index (χ2v) is 7.53. The fraction of sp³-hybridized carbons (Fsp3) is 0.0800. The predicted octanol–water partition coefficient (Wildman–Crippen LogP) is 6.67. The van der Waals surface area contributed by atoms with E-state index in [0.29, 0.717) is 11.3 Å². The number of hydrogen-bond donors (Lipinski definition) is 0. The van der Waals surface area contributed by atoms with Gasteiger partial charge in [-0.2, -0.15) is 0 Å². The number of hydrogen-bond acceptors (Lipinski definition) is 3. The summed E-state index contributed by atoms with van der Waals surface area (Å²) in [7, 11) is 0. The van der Waals surface area contributed by atoms with Gasteiger partial charge in [0.2, 0.25) is 0 Å². The molecule has 0 radical (unpaired) electrons. The van der Waals surface area contributed by atoms with Gasteiger partial charge < -0.3 is 4.42 Å².